The predicted molar refractivity (Wildman–Crippen MR) is 130 cm³/mol. The average molecular weight is 464 g/mol. The summed E-state index contributed by atoms with van der Waals surface area (Å²) in [6, 6.07) is 25.7. The number of carbonyl (C=O) groups is 2. The van der Waals surface area contributed by atoms with Gasteiger partial charge in [0.1, 0.15) is 6.04 Å². The first kappa shape index (κ1) is 22.0. The van der Waals surface area contributed by atoms with E-state index in [1.165, 1.54) is 0 Å². The third kappa shape index (κ3) is 5.15. The normalized spacial score (nSPS) is 15.8. The number of benzene rings is 3. The fourth-order valence-electron chi connectivity index (χ4n) is 3.68. The maximum Gasteiger partial charge on any atom is 0.252 e. The summed E-state index contributed by atoms with van der Waals surface area (Å²) in [6.07, 6.45) is -0.000275. The monoisotopic (exact) mass is 463 g/mol. The molecule has 3 aromatic rings. The van der Waals surface area contributed by atoms with Crippen LogP contribution in [0.2, 0.25) is 5.02 Å². The molecule has 3 aromatic carbocycles. The van der Waals surface area contributed by atoms with E-state index in [-0.39, 0.29) is 18.2 Å². The average Bonchev–Trinajstić information content (AvgIpc) is 3.01. The molecule has 0 bridgehead atoms. The van der Waals surface area contributed by atoms with Crippen molar-refractivity contribution < 1.29 is 9.59 Å². The van der Waals surface area contributed by atoms with Crippen molar-refractivity contribution in [2.24, 2.45) is 0 Å². The van der Waals surface area contributed by atoms with E-state index in [2.05, 4.69) is 5.32 Å². The molecule has 32 heavy (non-hydrogen) atoms. The molecule has 1 N–H and O–H groups in total. The first-order valence-corrected chi connectivity index (χ1v) is 11.0. The first-order valence-electron chi connectivity index (χ1n) is 10.3. The Morgan fingerprint density at radius 3 is 2.03 bits per heavy atom. The zero-order valence-electron chi connectivity index (χ0n) is 17.3. The Kier molecular flexibility index (Phi) is 6.83. The van der Waals surface area contributed by atoms with Gasteiger partial charge in [-0.3, -0.25) is 14.5 Å². The number of hydrogen-bond donors (Lipinski definition) is 1. The third-order valence-electron chi connectivity index (χ3n) is 5.29. The van der Waals surface area contributed by atoms with Crippen molar-refractivity contribution in [3.05, 3.63) is 101 Å². The first-order chi connectivity index (χ1) is 15.5. The molecule has 1 saturated heterocycles. The van der Waals surface area contributed by atoms with Gasteiger partial charge in [0.2, 0.25) is 5.91 Å². The summed E-state index contributed by atoms with van der Waals surface area (Å²) in [6.45, 7) is 0.828. The summed E-state index contributed by atoms with van der Waals surface area (Å²) in [5.41, 5.74) is 2.63. The number of hydrogen-bond acceptors (Lipinski definition) is 3. The number of halogens is 1. The van der Waals surface area contributed by atoms with Crippen LogP contribution in [0.25, 0.3) is 0 Å². The molecule has 2 amide bonds. The van der Waals surface area contributed by atoms with Gasteiger partial charge in [0, 0.05) is 17.3 Å². The smallest absolute Gasteiger partial charge is 0.252 e. The highest BCUT2D eigenvalue weighted by atomic mass is 35.5. The topological polar surface area (TPSA) is 52.7 Å². The van der Waals surface area contributed by atoms with E-state index < -0.39 is 6.04 Å². The van der Waals surface area contributed by atoms with Gasteiger partial charge in [-0.15, -0.1) is 0 Å². The quantitative estimate of drug-likeness (QED) is 0.508. The van der Waals surface area contributed by atoms with E-state index in [1.54, 1.807) is 29.2 Å². The van der Waals surface area contributed by atoms with Crippen molar-refractivity contribution in [1.29, 1.82) is 0 Å². The minimum atomic E-state index is -0.668. The molecule has 7 heteroatoms. The Hall–Kier alpha value is -3.22. The lowest BCUT2D eigenvalue weighted by Gasteiger charge is -2.24. The molecule has 1 heterocycles. The van der Waals surface area contributed by atoms with Gasteiger partial charge in [0.15, 0.2) is 5.11 Å². The molecule has 0 unspecified atom stereocenters. The number of rotatable bonds is 7. The second kappa shape index (κ2) is 9.94. The molecule has 1 aliphatic heterocycles. The lowest BCUT2D eigenvalue weighted by molar-refractivity contribution is -0.131. The van der Waals surface area contributed by atoms with E-state index in [9.17, 15) is 9.59 Å². The van der Waals surface area contributed by atoms with Gasteiger partial charge in [-0.05, 0) is 47.6 Å². The van der Waals surface area contributed by atoms with Gasteiger partial charge < -0.3 is 10.2 Å². The van der Waals surface area contributed by atoms with Crippen LogP contribution in [0.3, 0.4) is 0 Å². The second-order valence-corrected chi connectivity index (χ2v) is 8.38. The summed E-state index contributed by atoms with van der Waals surface area (Å²) in [5, 5.41) is 3.87. The number of carbonyl (C=O) groups excluding carboxylic acids is 2. The molecule has 0 aliphatic carbocycles. The molecule has 162 valence electrons. The summed E-state index contributed by atoms with van der Waals surface area (Å²) < 4.78 is 0. The highest BCUT2D eigenvalue weighted by Gasteiger charge is 2.43. The molecular formula is C25H22ClN3O2S. The second-order valence-electron chi connectivity index (χ2n) is 7.58. The number of nitrogens with one attached hydrogen (secondary N) is 1. The van der Waals surface area contributed by atoms with E-state index in [4.69, 9.17) is 23.8 Å². The van der Waals surface area contributed by atoms with Crippen molar-refractivity contribution in [3.63, 3.8) is 0 Å². The van der Waals surface area contributed by atoms with Gasteiger partial charge in [-0.1, -0.05) is 72.3 Å². The molecule has 5 nitrogen and oxygen atoms in total. The van der Waals surface area contributed by atoms with Crippen LogP contribution in [0.5, 0.6) is 0 Å². The lowest BCUT2D eigenvalue weighted by Crippen LogP contribution is -2.37. The fourth-order valence-corrected chi connectivity index (χ4v) is 4.16. The number of thiocarbonyl (C=S) groups is 1. The Morgan fingerprint density at radius 2 is 1.44 bits per heavy atom. The maximum absolute atomic E-state index is 13.4. The zero-order valence-corrected chi connectivity index (χ0v) is 18.9. The van der Waals surface area contributed by atoms with Gasteiger partial charge in [-0.25, -0.2) is 0 Å². The van der Waals surface area contributed by atoms with Gasteiger partial charge in [0.25, 0.3) is 5.91 Å². The summed E-state index contributed by atoms with van der Waals surface area (Å²) in [4.78, 5) is 29.6. The lowest BCUT2D eigenvalue weighted by atomic mass is 10.1. The summed E-state index contributed by atoms with van der Waals surface area (Å²) >= 11 is 11.6. The number of anilines is 1. The number of amides is 2. The fraction of sp³-hybridized carbons (Fsp3) is 0.160. The van der Waals surface area contributed by atoms with Crippen molar-refractivity contribution in [3.8, 4) is 0 Å². The van der Waals surface area contributed by atoms with Gasteiger partial charge >= 0.3 is 0 Å². The predicted octanol–water partition coefficient (Wildman–Crippen LogP) is 4.87. The van der Waals surface area contributed by atoms with Crippen LogP contribution in [0.4, 0.5) is 5.69 Å². The SMILES string of the molecule is O=C(C[C@@H]1C(=O)N(Cc2ccccc2)C(=S)N1Cc1ccccc1)Nc1ccc(Cl)cc1. The zero-order chi connectivity index (χ0) is 22.5. The van der Waals surface area contributed by atoms with E-state index in [0.717, 1.165) is 11.1 Å². The van der Waals surface area contributed by atoms with Crippen LogP contribution in [0, 0.1) is 0 Å². The molecule has 0 saturated carbocycles. The van der Waals surface area contributed by atoms with Crippen LogP contribution < -0.4 is 5.32 Å². The molecular weight excluding hydrogens is 442 g/mol. The van der Waals surface area contributed by atoms with Crippen molar-refractivity contribution in [2.45, 2.75) is 25.6 Å². The van der Waals surface area contributed by atoms with E-state index in [1.807, 2.05) is 65.6 Å². The van der Waals surface area contributed by atoms with Crippen molar-refractivity contribution >= 4 is 46.4 Å². The molecule has 0 spiro atoms. The van der Waals surface area contributed by atoms with E-state index >= 15 is 0 Å². The Labute approximate surface area is 197 Å². The highest BCUT2D eigenvalue weighted by molar-refractivity contribution is 7.80. The minimum Gasteiger partial charge on any atom is -0.332 e. The summed E-state index contributed by atoms with van der Waals surface area (Å²) in [5.74, 6) is -0.422. The third-order valence-corrected chi connectivity index (χ3v) is 6.00. The van der Waals surface area contributed by atoms with Crippen LogP contribution >= 0.6 is 23.8 Å². The molecule has 1 fully saturated rings. The van der Waals surface area contributed by atoms with Crippen LogP contribution in [-0.4, -0.2) is 32.8 Å². The Morgan fingerprint density at radius 1 is 0.875 bits per heavy atom. The van der Waals surface area contributed by atoms with Gasteiger partial charge in [0.05, 0.1) is 13.0 Å². The van der Waals surface area contributed by atoms with Crippen molar-refractivity contribution in [2.75, 3.05) is 5.32 Å². The van der Waals surface area contributed by atoms with E-state index in [0.29, 0.717) is 28.9 Å². The largest absolute Gasteiger partial charge is 0.332 e. The maximum atomic E-state index is 13.4. The Bertz CT molecular complexity index is 1110. The number of nitrogens with zero attached hydrogens (tertiary/aromatic N) is 2. The Balaban J connectivity index is 1.54. The minimum absolute atomic E-state index is 0.000275. The van der Waals surface area contributed by atoms with Gasteiger partial charge in [-0.2, -0.15) is 0 Å². The molecule has 1 atom stereocenters. The van der Waals surface area contributed by atoms with Crippen LogP contribution in [0.15, 0.2) is 84.9 Å². The highest BCUT2D eigenvalue weighted by Crippen LogP contribution is 2.26. The molecule has 0 radical (unpaired) electrons. The standard InChI is InChI=1S/C25H22ClN3O2S/c26-20-11-13-21(14-12-20)27-23(30)15-22-24(31)29(17-19-9-5-2-6-10-19)25(32)28(22)16-18-7-3-1-4-8-18/h1-14,22H,15-17H2,(H,27,30)/t22-/m1/s1. The molecule has 0 aromatic heterocycles. The molecule has 4 rings (SSSR count). The van der Waals surface area contributed by atoms with Crippen LogP contribution in [0.1, 0.15) is 17.5 Å². The van der Waals surface area contributed by atoms with Crippen molar-refractivity contribution in [1.82, 2.24) is 9.80 Å². The molecule has 1 aliphatic rings. The van der Waals surface area contributed by atoms with Crippen LogP contribution in [-0.2, 0) is 22.7 Å². The summed E-state index contributed by atoms with van der Waals surface area (Å²) in [7, 11) is 0.